The van der Waals surface area contributed by atoms with Crippen molar-refractivity contribution in [2.24, 2.45) is 0 Å². The molecule has 4 rings (SSSR count). The number of rotatable bonds is 6. The van der Waals surface area contributed by atoms with Gasteiger partial charge >= 0.3 is 0 Å². The normalized spacial score (nSPS) is 12.0. The summed E-state index contributed by atoms with van der Waals surface area (Å²) in [4.78, 5) is 21.0. The van der Waals surface area contributed by atoms with E-state index in [0.29, 0.717) is 11.7 Å². The van der Waals surface area contributed by atoms with Crippen molar-refractivity contribution in [2.75, 3.05) is 0 Å². The molecule has 0 aliphatic carbocycles. The maximum Gasteiger partial charge on any atom is 0.249 e. The highest BCUT2D eigenvalue weighted by Crippen LogP contribution is 2.20. The molecule has 1 aromatic carbocycles. The Bertz CT molecular complexity index is 1150. The quantitative estimate of drug-likeness (QED) is 0.531. The van der Waals surface area contributed by atoms with Gasteiger partial charge in [-0.05, 0) is 45.0 Å². The zero-order chi connectivity index (χ0) is 21.1. The molecule has 0 bridgehead atoms. The van der Waals surface area contributed by atoms with Crippen LogP contribution < -0.4 is 5.32 Å². The molecule has 0 radical (unpaired) electrons. The Morgan fingerprint density at radius 2 is 1.87 bits per heavy atom. The highest BCUT2D eigenvalue weighted by molar-refractivity contribution is 5.79. The van der Waals surface area contributed by atoms with Crippen LogP contribution in [0.3, 0.4) is 0 Å². The molecule has 3 heterocycles. The second-order valence-electron chi connectivity index (χ2n) is 7.05. The molecule has 0 aliphatic heterocycles. The Balaban J connectivity index is 1.45. The van der Waals surface area contributed by atoms with Crippen LogP contribution in [-0.2, 0) is 11.2 Å². The molecule has 0 spiro atoms. The third-order valence-electron chi connectivity index (χ3n) is 4.91. The predicted octanol–water partition coefficient (Wildman–Crippen LogP) is 3.35. The minimum atomic E-state index is -0.412. The van der Waals surface area contributed by atoms with Gasteiger partial charge in [0.1, 0.15) is 6.04 Å². The zero-order valence-corrected chi connectivity index (χ0v) is 17.0. The van der Waals surface area contributed by atoms with Crippen molar-refractivity contribution >= 4 is 5.91 Å². The number of carbonyl (C=O) groups excluding carboxylic acids is 1. The van der Waals surface area contributed by atoms with Crippen LogP contribution in [-0.4, -0.2) is 30.8 Å². The SMILES string of the molecule is Cc1nn(-c2ccccc2)c(C)c1CC(=O)N[C@H](C)c1nc(-c2ccncc2)no1. The van der Waals surface area contributed by atoms with Crippen LogP contribution in [0.25, 0.3) is 17.1 Å². The summed E-state index contributed by atoms with van der Waals surface area (Å²) >= 11 is 0. The molecule has 0 saturated carbocycles. The van der Waals surface area contributed by atoms with Gasteiger partial charge in [-0.2, -0.15) is 10.1 Å². The van der Waals surface area contributed by atoms with Gasteiger partial charge in [0.05, 0.1) is 17.8 Å². The molecule has 4 aromatic rings. The standard InChI is InChI=1S/C22H22N6O2/c1-14-19(16(3)28(26-14)18-7-5-4-6-8-18)13-20(29)24-15(2)22-25-21(27-30-22)17-9-11-23-12-10-17/h4-12,15H,13H2,1-3H3,(H,24,29)/t15-/m1/s1. The number of aryl methyl sites for hydroxylation is 1. The smallest absolute Gasteiger partial charge is 0.249 e. The number of hydrogen-bond acceptors (Lipinski definition) is 6. The summed E-state index contributed by atoms with van der Waals surface area (Å²) in [5.74, 6) is 0.679. The molecule has 1 amide bonds. The van der Waals surface area contributed by atoms with Crippen molar-refractivity contribution in [3.05, 3.63) is 77.7 Å². The van der Waals surface area contributed by atoms with Crippen molar-refractivity contribution in [3.8, 4) is 17.1 Å². The summed E-state index contributed by atoms with van der Waals surface area (Å²) in [6.07, 6.45) is 3.55. The third kappa shape index (κ3) is 3.98. The molecular weight excluding hydrogens is 380 g/mol. The van der Waals surface area contributed by atoms with E-state index in [4.69, 9.17) is 4.52 Å². The molecule has 0 aliphatic rings. The number of carbonyl (C=O) groups is 1. The first-order chi connectivity index (χ1) is 14.5. The number of nitrogens with zero attached hydrogens (tertiary/aromatic N) is 5. The topological polar surface area (TPSA) is 98.7 Å². The molecule has 0 fully saturated rings. The maximum atomic E-state index is 12.7. The molecule has 1 N–H and O–H groups in total. The number of para-hydroxylation sites is 1. The van der Waals surface area contributed by atoms with Crippen LogP contribution in [0.5, 0.6) is 0 Å². The van der Waals surface area contributed by atoms with Crippen LogP contribution in [0.1, 0.15) is 35.8 Å². The van der Waals surface area contributed by atoms with E-state index in [1.807, 2.05) is 55.8 Å². The second-order valence-corrected chi connectivity index (χ2v) is 7.05. The van der Waals surface area contributed by atoms with Crippen LogP contribution >= 0.6 is 0 Å². The highest BCUT2D eigenvalue weighted by Gasteiger charge is 2.20. The molecular formula is C22H22N6O2. The van der Waals surface area contributed by atoms with Crippen molar-refractivity contribution in [1.29, 1.82) is 0 Å². The lowest BCUT2D eigenvalue weighted by Crippen LogP contribution is -2.28. The number of aromatic nitrogens is 5. The molecule has 30 heavy (non-hydrogen) atoms. The lowest BCUT2D eigenvalue weighted by atomic mass is 10.1. The number of benzene rings is 1. The van der Waals surface area contributed by atoms with E-state index in [0.717, 1.165) is 28.2 Å². The Kier molecular flexibility index (Phi) is 5.38. The lowest BCUT2D eigenvalue weighted by Gasteiger charge is -2.10. The van der Waals surface area contributed by atoms with Gasteiger partial charge in [0.2, 0.25) is 17.6 Å². The van der Waals surface area contributed by atoms with Gasteiger partial charge in [0.25, 0.3) is 0 Å². The van der Waals surface area contributed by atoms with Crippen LogP contribution in [0, 0.1) is 13.8 Å². The van der Waals surface area contributed by atoms with Gasteiger partial charge in [0, 0.05) is 29.2 Å². The summed E-state index contributed by atoms with van der Waals surface area (Å²) in [7, 11) is 0. The number of hydrogen-bond donors (Lipinski definition) is 1. The average molecular weight is 402 g/mol. The lowest BCUT2D eigenvalue weighted by molar-refractivity contribution is -0.121. The summed E-state index contributed by atoms with van der Waals surface area (Å²) < 4.78 is 7.19. The van der Waals surface area contributed by atoms with E-state index in [1.165, 1.54) is 0 Å². The van der Waals surface area contributed by atoms with E-state index < -0.39 is 6.04 Å². The Labute approximate surface area is 174 Å². The molecule has 1 atom stereocenters. The van der Waals surface area contributed by atoms with Crippen molar-refractivity contribution in [1.82, 2.24) is 30.2 Å². The van der Waals surface area contributed by atoms with E-state index >= 15 is 0 Å². The first-order valence-electron chi connectivity index (χ1n) is 9.67. The van der Waals surface area contributed by atoms with Gasteiger partial charge < -0.3 is 9.84 Å². The van der Waals surface area contributed by atoms with E-state index in [2.05, 4.69) is 25.5 Å². The fourth-order valence-electron chi connectivity index (χ4n) is 3.30. The fraction of sp³-hybridized carbons (Fsp3) is 0.227. The first-order valence-corrected chi connectivity index (χ1v) is 9.67. The van der Waals surface area contributed by atoms with Crippen LogP contribution in [0.4, 0.5) is 0 Å². The fourth-order valence-corrected chi connectivity index (χ4v) is 3.30. The monoisotopic (exact) mass is 402 g/mol. The van der Waals surface area contributed by atoms with Gasteiger partial charge in [0.15, 0.2) is 0 Å². The Morgan fingerprint density at radius 3 is 2.60 bits per heavy atom. The maximum absolute atomic E-state index is 12.7. The number of nitrogens with one attached hydrogen (secondary N) is 1. The van der Waals surface area contributed by atoms with E-state index in [9.17, 15) is 4.79 Å². The van der Waals surface area contributed by atoms with Gasteiger partial charge in [-0.1, -0.05) is 23.4 Å². The second kappa shape index (κ2) is 8.28. The van der Waals surface area contributed by atoms with Crippen molar-refractivity contribution in [3.63, 3.8) is 0 Å². The molecule has 0 saturated heterocycles. The van der Waals surface area contributed by atoms with Crippen molar-refractivity contribution < 1.29 is 9.32 Å². The molecule has 152 valence electrons. The Morgan fingerprint density at radius 1 is 1.13 bits per heavy atom. The molecule has 8 nitrogen and oxygen atoms in total. The summed E-state index contributed by atoms with van der Waals surface area (Å²) in [6, 6.07) is 13.0. The third-order valence-corrected chi connectivity index (χ3v) is 4.91. The summed E-state index contributed by atoms with van der Waals surface area (Å²) in [5.41, 5.74) is 4.45. The highest BCUT2D eigenvalue weighted by atomic mass is 16.5. The van der Waals surface area contributed by atoms with Crippen LogP contribution in [0.2, 0.25) is 0 Å². The summed E-state index contributed by atoms with van der Waals surface area (Å²) in [6.45, 7) is 5.70. The predicted molar refractivity (Wildman–Crippen MR) is 111 cm³/mol. The molecule has 0 unspecified atom stereocenters. The number of amides is 1. The Hall–Kier alpha value is -3.81. The van der Waals surface area contributed by atoms with Gasteiger partial charge in [-0.25, -0.2) is 4.68 Å². The number of pyridine rings is 1. The average Bonchev–Trinajstić information content (AvgIpc) is 3.36. The minimum Gasteiger partial charge on any atom is -0.344 e. The van der Waals surface area contributed by atoms with E-state index in [1.54, 1.807) is 24.5 Å². The van der Waals surface area contributed by atoms with Gasteiger partial charge in [-0.15, -0.1) is 0 Å². The molecule has 8 heteroatoms. The van der Waals surface area contributed by atoms with Crippen LogP contribution in [0.15, 0.2) is 59.4 Å². The van der Waals surface area contributed by atoms with Gasteiger partial charge in [-0.3, -0.25) is 9.78 Å². The minimum absolute atomic E-state index is 0.134. The van der Waals surface area contributed by atoms with E-state index in [-0.39, 0.29) is 12.3 Å². The largest absolute Gasteiger partial charge is 0.344 e. The molecule has 3 aromatic heterocycles. The van der Waals surface area contributed by atoms with Crippen molar-refractivity contribution in [2.45, 2.75) is 33.2 Å². The zero-order valence-electron chi connectivity index (χ0n) is 17.0. The first kappa shape index (κ1) is 19.5. The summed E-state index contributed by atoms with van der Waals surface area (Å²) in [5, 5.41) is 11.5.